The van der Waals surface area contributed by atoms with Gasteiger partial charge in [0.2, 0.25) is 5.91 Å². The lowest BCUT2D eigenvalue weighted by atomic mass is 10.1. The fourth-order valence-electron chi connectivity index (χ4n) is 1.74. The smallest absolute Gasteiger partial charge is 0.227 e. The molecule has 0 atom stereocenters. The molecule has 0 aliphatic carbocycles. The Hall–Kier alpha value is -1.46. The van der Waals surface area contributed by atoms with Crippen LogP contribution >= 0.6 is 22.9 Å². The molecule has 2 rings (SSSR count). The van der Waals surface area contributed by atoms with E-state index in [1.807, 2.05) is 6.92 Å². The second-order valence-corrected chi connectivity index (χ2v) is 5.87. The normalized spacial score (nSPS) is 10.6. The summed E-state index contributed by atoms with van der Waals surface area (Å²) in [5.41, 5.74) is 3.33. The first-order valence-electron chi connectivity index (χ1n) is 6.04. The summed E-state index contributed by atoms with van der Waals surface area (Å²) in [7, 11) is 1.74. The molecular formula is C14H14ClFN2OS. The van der Waals surface area contributed by atoms with Crippen LogP contribution in [0.25, 0.3) is 0 Å². The molecule has 2 aromatic rings. The van der Waals surface area contributed by atoms with Crippen molar-refractivity contribution in [3.8, 4) is 0 Å². The quantitative estimate of drug-likeness (QED) is 0.866. The molecule has 3 nitrogen and oxygen atoms in total. The molecule has 1 aromatic heterocycles. The molecule has 0 unspecified atom stereocenters. The van der Waals surface area contributed by atoms with E-state index in [1.54, 1.807) is 23.5 Å². The Balaban J connectivity index is 2.02. The highest BCUT2D eigenvalue weighted by Gasteiger charge is 2.14. The van der Waals surface area contributed by atoms with Gasteiger partial charge < -0.3 is 4.90 Å². The van der Waals surface area contributed by atoms with Gasteiger partial charge in [0.05, 0.1) is 24.2 Å². The second-order valence-electron chi connectivity index (χ2n) is 4.52. The highest BCUT2D eigenvalue weighted by Crippen LogP contribution is 2.19. The molecule has 0 fully saturated rings. The lowest BCUT2D eigenvalue weighted by Gasteiger charge is -2.17. The predicted octanol–water partition coefficient (Wildman–Crippen LogP) is 3.45. The fraction of sp³-hybridized carbons (Fsp3) is 0.286. The van der Waals surface area contributed by atoms with Gasteiger partial charge in [0.1, 0.15) is 5.82 Å². The first kappa shape index (κ1) is 14.9. The van der Waals surface area contributed by atoms with E-state index in [0.717, 1.165) is 10.6 Å². The van der Waals surface area contributed by atoms with E-state index < -0.39 is 5.82 Å². The third-order valence-electron chi connectivity index (χ3n) is 3.01. The van der Waals surface area contributed by atoms with Gasteiger partial charge in [-0.05, 0) is 24.6 Å². The lowest BCUT2D eigenvalue weighted by molar-refractivity contribution is -0.129. The number of likely N-dealkylation sites (N-methyl/N-ethyl adjacent to an activating group) is 1. The number of rotatable bonds is 4. The molecule has 0 bridgehead atoms. The second kappa shape index (κ2) is 6.33. The Morgan fingerprint density at radius 2 is 2.25 bits per heavy atom. The van der Waals surface area contributed by atoms with E-state index in [0.29, 0.717) is 12.1 Å². The van der Waals surface area contributed by atoms with Gasteiger partial charge in [0.25, 0.3) is 0 Å². The Morgan fingerprint density at radius 1 is 1.50 bits per heavy atom. The number of carbonyl (C=O) groups is 1. The Labute approximate surface area is 126 Å². The van der Waals surface area contributed by atoms with Gasteiger partial charge in [-0.15, -0.1) is 11.3 Å². The van der Waals surface area contributed by atoms with Crippen LogP contribution < -0.4 is 0 Å². The van der Waals surface area contributed by atoms with Crippen LogP contribution in [0.3, 0.4) is 0 Å². The third kappa shape index (κ3) is 3.55. The van der Waals surface area contributed by atoms with Gasteiger partial charge in [-0.1, -0.05) is 17.7 Å². The summed E-state index contributed by atoms with van der Waals surface area (Å²) in [5.74, 6) is -0.467. The number of hydrogen-bond acceptors (Lipinski definition) is 3. The van der Waals surface area contributed by atoms with E-state index >= 15 is 0 Å². The molecule has 0 aliphatic rings. The average Bonchev–Trinajstić information content (AvgIpc) is 2.78. The number of carbonyl (C=O) groups excluding carboxylic acids is 1. The van der Waals surface area contributed by atoms with Gasteiger partial charge in [-0.2, -0.15) is 0 Å². The Bertz CT molecular complexity index is 629. The van der Waals surface area contributed by atoms with Crippen molar-refractivity contribution in [2.24, 2.45) is 0 Å². The number of thiazole rings is 1. The minimum atomic E-state index is -0.403. The average molecular weight is 313 g/mol. The van der Waals surface area contributed by atoms with E-state index in [4.69, 9.17) is 11.6 Å². The molecule has 0 saturated carbocycles. The number of halogens is 2. The maximum atomic E-state index is 13.0. The molecule has 1 amide bonds. The highest BCUT2D eigenvalue weighted by molar-refractivity contribution is 7.09. The monoisotopic (exact) mass is 312 g/mol. The van der Waals surface area contributed by atoms with E-state index in [-0.39, 0.29) is 17.4 Å². The van der Waals surface area contributed by atoms with Crippen molar-refractivity contribution in [1.82, 2.24) is 9.88 Å². The van der Waals surface area contributed by atoms with Crippen molar-refractivity contribution < 1.29 is 9.18 Å². The summed E-state index contributed by atoms with van der Waals surface area (Å²) in [6.07, 6.45) is 0.160. The zero-order valence-electron chi connectivity index (χ0n) is 11.2. The molecule has 0 aliphatic heterocycles. The SMILES string of the molecule is Cc1ncsc1CN(C)C(=O)Cc1ccc(F)cc1Cl. The molecule has 6 heteroatoms. The van der Waals surface area contributed by atoms with Crippen molar-refractivity contribution in [2.45, 2.75) is 19.9 Å². The van der Waals surface area contributed by atoms with Gasteiger partial charge >= 0.3 is 0 Å². The van der Waals surface area contributed by atoms with Crippen molar-refractivity contribution >= 4 is 28.8 Å². The van der Waals surface area contributed by atoms with Crippen molar-refractivity contribution in [3.63, 3.8) is 0 Å². The van der Waals surface area contributed by atoms with Crippen LogP contribution in [0.2, 0.25) is 5.02 Å². The van der Waals surface area contributed by atoms with E-state index in [2.05, 4.69) is 4.98 Å². The summed E-state index contributed by atoms with van der Waals surface area (Å²) in [5, 5.41) is 0.278. The van der Waals surface area contributed by atoms with Crippen molar-refractivity contribution in [3.05, 3.63) is 50.7 Å². The number of hydrogen-bond donors (Lipinski definition) is 0. The summed E-state index contributed by atoms with van der Waals surface area (Å²) in [4.78, 5) is 19.0. The van der Waals surface area contributed by atoms with Crippen LogP contribution in [0.1, 0.15) is 16.1 Å². The fourth-order valence-corrected chi connectivity index (χ4v) is 2.81. The number of benzene rings is 1. The number of nitrogens with zero attached hydrogens (tertiary/aromatic N) is 2. The van der Waals surface area contributed by atoms with Crippen LogP contribution in [-0.4, -0.2) is 22.8 Å². The molecule has 0 spiro atoms. The van der Waals surface area contributed by atoms with Crippen LogP contribution in [0.4, 0.5) is 4.39 Å². The van der Waals surface area contributed by atoms with Gasteiger partial charge in [-0.3, -0.25) is 4.79 Å². The molecule has 0 radical (unpaired) electrons. The maximum Gasteiger partial charge on any atom is 0.227 e. The predicted molar refractivity (Wildman–Crippen MR) is 78.4 cm³/mol. The summed E-state index contributed by atoms with van der Waals surface area (Å²) in [6.45, 7) is 2.44. The molecule has 20 heavy (non-hydrogen) atoms. The molecule has 1 aromatic carbocycles. The standard InChI is InChI=1S/C14H14ClFN2OS/c1-9-13(20-8-17-9)7-18(2)14(19)5-10-3-4-11(16)6-12(10)15/h3-4,6,8H,5,7H2,1-2H3. The number of aromatic nitrogens is 1. The summed E-state index contributed by atoms with van der Waals surface area (Å²) in [6, 6.07) is 4.07. The third-order valence-corrected chi connectivity index (χ3v) is 4.28. The minimum absolute atomic E-state index is 0.0636. The van der Waals surface area contributed by atoms with Crippen LogP contribution in [-0.2, 0) is 17.8 Å². The zero-order valence-corrected chi connectivity index (χ0v) is 12.8. The number of amides is 1. The first-order chi connectivity index (χ1) is 9.47. The summed E-state index contributed by atoms with van der Waals surface area (Å²) < 4.78 is 13.0. The van der Waals surface area contributed by atoms with E-state index in [9.17, 15) is 9.18 Å². The maximum absolute atomic E-state index is 13.0. The van der Waals surface area contributed by atoms with Crippen molar-refractivity contribution in [2.75, 3.05) is 7.05 Å². The van der Waals surface area contributed by atoms with Crippen LogP contribution in [0.15, 0.2) is 23.7 Å². The topological polar surface area (TPSA) is 33.2 Å². The highest BCUT2D eigenvalue weighted by atomic mass is 35.5. The summed E-state index contributed by atoms with van der Waals surface area (Å²) >= 11 is 7.45. The van der Waals surface area contributed by atoms with Crippen molar-refractivity contribution in [1.29, 1.82) is 0 Å². The Kier molecular flexibility index (Phi) is 4.73. The van der Waals surface area contributed by atoms with Crippen LogP contribution in [0, 0.1) is 12.7 Å². The van der Waals surface area contributed by atoms with Gasteiger partial charge in [0, 0.05) is 16.9 Å². The minimum Gasteiger partial charge on any atom is -0.340 e. The largest absolute Gasteiger partial charge is 0.340 e. The van der Waals surface area contributed by atoms with Gasteiger partial charge in [0.15, 0.2) is 0 Å². The molecule has 1 heterocycles. The van der Waals surface area contributed by atoms with Gasteiger partial charge in [-0.25, -0.2) is 9.37 Å². The Morgan fingerprint density at radius 3 is 2.85 bits per heavy atom. The first-order valence-corrected chi connectivity index (χ1v) is 7.30. The molecule has 0 saturated heterocycles. The van der Waals surface area contributed by atoms with E-state index in [1.165, 1.54) is 23.5 Å². The lowest BCUT2D eigenvalue weighted by Crippen LogP contribution is -2.27. The molecule has 0 N–H and O–H groups in total. The molecule has 106 valence electrons. The van der Waals surface area contributed by atoms with Crippen LogP contribution in [0.5, 0.6) is 0 Å². The zero-order chi connectivity index (χ0) is 14.7. The number of aryl methyl sites for hydroxylation is 1. The molecular weight excluding hydrogens is 299 g/mol.